The van der Waals surface area contributed by atoms with Gasteiger partial charge < -0.3 is 10.8 Å². The van der Waals surface area contributed by atoms with E-state index in [2.05, 4.69) is 4.72 Å². The molecule has 100 valence electrons. The summed E-state index contributed by atoms with van der Waals surface area (Å²) in [6, 6.07) is 12.5. The fraction of sp³-hybridized carbons (Fsp3) is 0.0769. The molecule has 0 saturated heterocycles. The third-order valence-corrected chi connectivity index (χ3v) is 4.03. The normalized spacial score (nSPS) is 11.4. The fourth-order valence-corrected chi connectivity index (χ4v) is 2.63. The molecule has 2 aromatic rings. The molecule has 0 radical (unpaired) electrons. The van der Waals surface area contributed by atoms with Gasteiger partial charge in [-0.05, 0) is 30.3 Å². The molecular weight excluding hydrogens is 264 g/mol. The van der Waals surface area contributed by atoms with Crippen molar-refractivity contribution < 1.29 is 13.5 Å². The number of sulfonamides is 1. The molecule has 0 atom stereocenters. The summed E-state index contributed by atoms with van der Waals surface area (Å²) >= 11 is 0. The average Bonchev–Trinajstić information content (AvgIpc) is 2.41. The topological polar surface area (TPSA) is 92.4 Å². The molecule has 0 aliphatic heterocycles. The zero-order valence-corrected chi connectivity index (χ0v) is 10.9. The second-order valence-electron chi connectivity index (χ2n) is 4.03. The Morgan fingerprint density at radius 3 is 2.47 bits per heavy atom. The Balaban J connectivity index is 2.17. The minimum Gasteiger partial charge on any atom is -0.508 e. The van der Waals surface area contributed by atoms with Crippen LogP contribution < -0.4 is 10.5 Å². The number of phenolic OH excluding ortho intramolecular Hbond substituents is 1. The zero-order chi connectivity index (χ0) is 13.9. The number of anilines is 1. The van der Waals surface area contributed by atoms with Crippen LogP contribution in [0.25, 0.3) is 0 Å². The van der Waals surface area contributed by atoms with E-state index in [1.54, 1.807) is 24.3 Å². The van der Waals surface area contributed by atoms with E-state index in [1.807, 2.05) is 0 Å². The van der Waals surface area contributed by atoms with Gasteiger partial charge in [-0.15, -0.1) is 0 Å². The highest BCUT2D eigenvalue weighted by atomic mass is 32.2. The second kappa shape index (κ2) is 5.29. The number of nitrogens with two attached hydrogens (primary N) is 1. The number of benzene rings is 2. The van der Waals surface area contributed by atoms with Gasteiger partial charge in [0.2, 0.25) is 10.0 Å². The predicted molar refractivity (Wildman–Crippen MR) is 73.0 cm³/mol. The molecule has 0 heterocycles. The van der Waals surface area contributed by atoms with Gasteiger partial charge >= 0.3 is 0 Å². The summed E-state index contributed by atoms with van der Waals surface area (Å²) < 4.78 is 26.4. The summed E-state index contributed by atoms with van der Waals surface area (Å²) in [4.78, 5) is 0.179. The molecule has 2 aromatic carbocycles. The minimum atomic E-state index is -3.59. The molecule has 19 heavy (non-hydrogen) atoms. The van der Waals surface area contributed by atoms with Gasteiger partial charge in [0.15, 0.2) is 0 Å². The van der Waals surface area contributed by atoms with Crippen molar-refractivity contribution in [3.8, 4) is 5.75 Å². The first-order valence-electron chi connectivity index (χ1n) is 5.61. The smallest absolute Gasteiger partial charge is 0.240 e. The largest absolute Gasteiger partial charge is 0.508 e. The summed E-state index contributed by atoms with van der Waals surface area (Å²) in [5, 5.41) is 9.61. The van der Waals surface area contributed by atoms with Gasteiger partial charge in [0, 0.05) is 17.8 Å². The van der Waals surface area contributed by atoms with Crippen LogP contribution >= 0.6 is 0 Å². The summed E-state index contributed by atoms with van der Waals surface area (Å²) in [7, 11) is -3.59. The number of phenols is 1. The number of hydrogen-bond donors (Lipinski definition) is 3. The maximum atomic E-state index is 12.0. The Morgan fingerprint density at radius 1 is 1.11 bits per heavy atom. The molecule has 0 spiro atoms. The fourth-order valence-electron chi connectivity index (χ4n) is 1.60. The van der Waals surface area contributed by atoms with Crippen molar-refractivity contribution in [2.45, 2.75) is 11.4 Å². The lowest BCUT2D eigenvalue weighted by Crippen LogP contribution is -2.23. The van der Waals surface area contributed by atoms with Gasteiger partial charge in [0.1, 0.15) is 5.75 Å². The monoisotopic (exact) mass is 278 g/mol. The second-order valence-corrected chi connectivity index (χ2v) is 5.79. The van der Waals surface area contributed by atoms with Crippen molar-refractivity contribution in [2.24, 2.45) is 0 Å². The highest BCUT2D eigenvalue weighted by Gasteiger charge is 2.13. The predicted octanol–water partition coefficient (Wildman–Crippen LogP) is 1.45. The Morgan fingerprint density at radius 2 is 1.79 bits per heavy atom. The lowest BCUT2D eigenvalue weighted by molar-refractivity contribution is 0.467. The minimum absolute atomic E-state index is 0.00459. The van der Waals surface area contributed by atoms with Crippen LogP contribution in [-0.2, 0) is 16.6 Å². The van der Waals surface area contributed by atoms with E-state index in [1.165, 1.54) is 24.3 Å². The first kappa shape index (κ1) is 13.4. The van der Waals surface area contributed by atoms with Gasteiger partial charge in [-0.3, -0.25) is 0 Å². The number of rotatable bonds is 4. The lowest BCUT2D eigenvalue weighted by Gasteiger charge is -2.08. The van der Waals surface area contributed by atoms with Gasteiger partial charge in [-0.25, -0.2) is 13.1 Å². The summed E-state index contributed by atoms with van der Waals surface area (Å²) in [5.41, 5.74) is 6.48. The van der Waals surface area contributed by atoms with Crippen molar-refractivity contribution in [1.29, 1.82) is 0 Å². The molecule has 6 heteroatoms. The van der Waals surface area contributed by atoms with Crippen molar-refractivity contribution >= 4 is 15.7 Å². The molecule has 0 bridgehead atoms. The van der Waals surface area contributed by atoms with Crippen molar-refractivity contribution in [2.75, 3.05) is 5.73 Å². The van der Waals surface area contributed by atoms with Gasteiger partial charge in [0.25, 0.3) is 0 Å². The van der Waals surface area contributed by atoms with Crippen LogP contribution in [-0.4, -0.2) is 13.5 Å². The molecule has 0 saturated carbocycles. The van der Waals surface area contributed by atoms with Crippen LogP contribution in [0.4, 0.5) is 5.69 Å². The molecule has 0 unspecified atom stereocenters. The van der Waals surface area contributed by atoms with Crippen LogP contribution in [0.2, 0.25) is 0 Å². The maximum Gasteiger partial charge on any atom is 0.240 e. The average molecular weight is 278 g/mol. The van der Waals surface area contributed by atoms with Crippen LogP contribution in [0.3, 0.4) is 0 Å². The van der Waals surface area contributed by atoms with E-state index in [-0.39, 0.29) is 17.2 Å². The van der Waals surface area contributed by atoms with E-state index in [9.17, 15) is 13.5 Å². The lowest BCUT2D eigenvalue weighted by atomic mass is 10.2. The van der Waals surface area contributed by atoms with E-state index in [0.717, 1.165) is 0 Å². The highest BCUT2D eigenvalue weighted by molar-refractivity contribution is 7.89. The van der Waals surface area contributed by atoms with E-state index in [4.69, 9.17) is 5.73 Å². The van der Waals surface area contributed by atoms with E-state index in [0.29, 0.717) is 11.3 Å². The number of aromatic hydroxyl groups is 1. The molecule has 0 aromatic heterocycles. The third kappa shape index (κ3) is 3.24. The first-order chi connectivity index (χ1) is 8.99. The number of nitrogens with one attached hydrogen (secondary N) is 1. The molecule has 0 aliphatic rings. The number of hydrogen-bond acceptors (Lipinski definition) is 4. The standard InChI is InChI=1S/C13H14N2O3S/c14-11-6-7-13(16)10(8-11)9-15-19(17,18)12-4-2-1-3-5-12/h1-8,15-16H,9,14H2. The van der Waals surface area contributed by atoms with Gasteiger partial charge in [-0.1, -0.05) is 18.2 Å². The summed E-state index contributed by atoms with van der Waals surface area (Å²) in [6.07, 6.45) is 0. The van der Waals surface area contributed by atoms with E-state index >= 15 is 0 Å². The van der Waals surface area contributed by atoms with Gasteiger partial charge in [-0.2, -0.15) is 0 Å². The van der Waals surface area contributed by atoms with Crippen LogP contribution in [0, 0.1) is 0 Å². The summed E-state index contributed by atoms with van der Waals surface area (Å²) in [5.74, 6) is 0.00459. The van der Waals surface area contributed by atoms with Crippen LogP contribution in [0.15, 0.2) is 53.4 Å². The Labute approximate surface area is 111 Å². The van der Waals surface area contributed by atoms with Crippen molar-refractivity contribution in [3.05, 3.63) is 54.1 Å². The quantitative estimate of drug-likeness (QED) is 0.583. The van der Waals surface area contributed by atoms with Gasteiger partial charge in [0.05, 0.1) is 4.90 Å². The zero-order valence-electron chi connectivity index (χ0n) is 10.1. The molecule has 2 rings (SSSR count). The summed E-state index contributed by atoms with van der Waals surface area (Å²) in [6.45, 7) is -0.0197. The Hall–Kier alpha value is -2.05. The molecule has 0 fully saturated rings. The maximum absolute atomic E-state index is 12.0. The molecule has 5 nitrogen and oxygen atoms in total. The van der Waals surface area contributed by atoms with Crippen molar-refractivity contribution in [1.82, 2.24) is 4.72 Å². The van der Waals surface area contributed by atoms with Crippen molar-refractivity contribution in [3.63, 3.8) is 0 Å². The van der Waals surface area contributed by atoms with Crippen LogP contribution in [0.5, 0.6) is 5.75 Å². The molecule has 0 aliphatic carbocycles. The molecule has 0 amide bonds. The first-order valence-corrected chi connectivity index (χ1v) is 7.09. The SMILES string of the molecule is Nc1ccc(O)c(CNS(=O)(=O)c2ccccc2)c1. The third-order valence-electron chi connectivity index (χ3n) is 2.61. The van der Waals surface area contributed by atoms with Crippen LogP contribution in [0.1, 0.15) is 5.56 Å². The molecule has 4 N–H and O–H groups in total. The highest BCUT2D eigenvalue weighted by Crippen LogP contribution is 2.20. The number of nitrogen functional groups attached to an aromatic ring is 1. The molecular formula is C13H14N2O3S. The Kier molecular flexibility index (Phi) is 3.73. The van der Waals surface area contributed by atoms with E-state index < -0.39 is 10.0 Å². The Bertz CT molecular complexity index is 670.